The first-order valence-corrected chi connectivity index (χ1v) is 23.5. The van der Waals surface area contributed by atoms with Crippen LogP contribution in [0, 0.1) is 0 Å². The van der Waals surface area contributed by atoms with Gasteiger partial charge in [0.2, 0.25) is 0 Å². The average molecular weight is 434 g/mol. The van der Waals surface area contributed by atoms with Gasteiger partial charge in [-0.3, -0.25) is 0 Å². The van der Waals surface area contributed by atoms with Crippen molar-refractivity contribution in [3.8, 4) is 0 Å². The average Bonchev–Trinajstić information content (AvgIpc) is 2.12. The minimum atomic E-state index is -1.05. The van der Waals surface area contributed by atoms with Crippen molar-refractivity contribution < 1.29 is 0 Å². The van der Waals surface area contributed by atoms with E-state index < -0.39 is 13.1 Å². The van der Waals surface area contributed by atoms with Crippen LogP contribution in [0.15, 0.2) is 24.3 Å². The monoisotopic (exact) mass is 434 g/mol. The molecule has 0 spiro atoms. The number of halogens is 2. The summed E-state index contributed by atoms with van der Waals surface area (Å²) in [6.07, 6.45) is 8.96. The second-order valence-corrected chi connectivity index (χ2v) is 39.8. The van der Waals surface area contributed by atoms with Crippen molar-refractivity contribution in [3.63, 3.8) is 0 Å². The van der Waals surface area contributed by atoms with Gasteiger partial charge in [0.15, 0.2) is 0 Å². The van der Waals surface area contributed by atoms with Crippen LogP contribution in [0.2, 0.25) is 3.67 Å². The first-order chi connectivity index (χ1) is 3.80. The van der Waals surface area contributed by atoms with E-state index in [1.165, 1.54) is 0 Å². The summed E-state index contributed by atoms with van der Waals surface area (Å²) >= 11 is 4.22. The van der Waals surface area contributed by atoms with Crippen LogP contribution in [0.25, 0.3) is 0 Å². The van der Waals surface area contributed by atoms with Crippen molar-refractivity contribution in [3.05, 3.63) is 24.3 Å². The number of hydrogen-bond donors (Lipinski definition) is 0. The molecule has 8 heavy (non-hydrogen) atoms. The molecule has 3 heteroatoms. The Kier molecular flexibility index (Phi) is 3.81. The Morgan fingerprint density at radius 2 is 1.62 bits per heavy atom. The quantitative estimate of drug-likeness (QED) is 0.558. The van der Waals surface area contributed by atoms with Crippen LogP contribution >= 0.6 is 36.3 Å². The van der Waals surface area contributed by atoms with Gasteiger partial charge in [-0.05, 0) is 0 Å². The van der Waals surface area contributed by atoms with Gasteiger partial charge in [0.05, 0.1) is 0 Å². The van der Waals surface area contributed by atoms with E-state index in [1.54, 1.807) is 0 Å². The van der Waals surface area contributed by atoms with Gasteiger partial charge < -0.3 is 0 Å². The third kappa shape index (κ3) is 2.21. The van der Waals surface area contributed by atoms with E-state index in [0.29, 0.717) is 0 Å². The first-order valence-electron chi connectivity index (χ1n) is 2.44. The van der Waals surface area contributed by atoms with Crippen LogP contribution in [0.3, 0.4) is 0 Å². The second kappa shape index (κ2) is 3.85. The topological polar surface area (TPSA) is 0 Å². The molecule has 0 saturated carbocycles. The van der Waals surface area contributed by atoms with Gasteiger partial charge in [0.1, 0.15) is 0 Å². The Bertz CT molecular complexity index is 116. The Morgan fingerprint density at radius 1 is 1.12 bits per heavy atom. The van der Waals surface area contributed by atoms with Crippen molar-refractivity contribution in [2.45, 2.75) is 3.67 Å². The predicted octanol–water partition coefficient (Wildman–Crippen LogP) is 2.84. The fourth-order valence-electron chi connectivity index (χ4n) is 0.617. The van der Waals surface area contributed by atoms with Crippen LogP contribution < -0.4 is 0 Å². The maximum atomic E-state index is 2.64. The van der Waals surface area contributed by atoms with Crippen LogP contribution in [-0.4, -0.2) is 13.1 Å². The summed E-state index contributed by atoms with van der Waals surface area (Å²) in [5.41, 5.74) is 0. The van der Waals surface area contributed by atoms with Gasteiger partial charge in [0, 0.05) is 0 Å². The summed E-state index contributed by atoms with van der Waals surface area (Å²) < 4.78 is 0.887. The summed E-state index contributed by atoms with van der Waals surface area (Å²) in [5.74, 6) is 0. The molecular formula is C5H5I2In. The zero-order valence-corrected chi connectivity index (χ0v) is 11.8. The molecule has 0 nitrogen and oxygen atoms in total. The van der Waals surface area contributed by atoms with Gasteiger partial charge in [-0.15, -0.1) is 0 Å². The molecule has 0 saturated heterocycles. The molecule has 0 fully saturated rings. The molecule has 1 rings (SSSR count). The molecule has 0 aromatic rings. The summed E-state index contributed by atoms with van der Waals surface area (Å²) in [5, 5.41) is 0. The van der Waals surface area contributed by atoms with E-state index in [4.69, 9.17) is 0 Å². The zero-order valence-electron chi connectivity index (χ0n) is 4.22. The first kappa shape index (κ1) is 7.91. The normalized spacial score (nSPS) is 17.8. The third-order valence-corrected chi connectivity index (χ3v) is 15.1. The molecule has 0 aromatic carbocycles. The van der Waals surface area contributed by atoms with E-state index in [9.17, 15) is 0 Å². The molecule has 1 aliphatic carbocycles. The zero-order chi connectivity index (χ0) is 5.98. The Balaban J connectivity index is 2.49. The second-order valence-electron chi connectivity index (χ2n) is 1.68. The van der Waals surface area contributed by atoms with E-state index in [0.717, 1.165) is 3.67 Å². The molecule has 0 bridgehead atoms. The van der Waals surface area contributed by atoms with Crippen LogP contribution in [0.4, 0.5) is 0 Å². The van der Waals surface area contributed by atoms with Crippen LogP contribution in [0.5, 0.6) is 0 Å². The molecule has 0 radical (unpaired) electrons. The third-order valence-electron chi connectivity index (χ3n) is 1.07. The molecule has 0 aliphatic heterocycles. The van der Waals surface area contributed by atoms with E-state index in [1.807, 2.05) is 0 Å². The molecular weight excluding hydrogens is 429 g/mol. The number of hydrogen-bond acceptors (Lipinski definition) is 0. The fourth-order valence-corrected chi connectivity index (χ4v) is 8.74. The van der Waals surface area contributed by atoms with Crippen molar-refractivity contribution in [2.24, 2.45) is 0 Å². The van der Waals surface area contributed by atoms with Crippen LogP contribution in [0.1, 0.15) is 0 Å². The molecule has 0 amide bonds. The Labute approximate surface area is 75.9 Å². The summed E-state index contributed by atoms with van der Waals surface area (Å²) in [6, 6.07) is 0. The number of rotatable bonds is 1. The summed E-state index contributed by atoms with van der Waals surface area (Å²) in [7, 11) is 0. The van der Waals surface area contributed by atoms with Crippen molar-refractivity contribution in [1.82, 2.24) is 0 Å². The van der Waals surface area contributed by atoms with E-state index in [-0.39, 0.29) is 0 Å². The summed E-state index contributed by atoms with van der Waals surface area (Å²) in [6.45, 7) is 0. The molecule has 0 N–H and O–H groups in total. The van der Waals surface area contributed by atoms with Gasteiger partial charge in [-0.2, -0.15) is 0 Å². The SMILES string of the molecule is [I][In]([I])[CH]1C=CC=C1. The Hall–Kier alpha value is 1.81. The van der Waals surface area contributed by atoms with Gasteiger partial charge in [-0.25, -0.2) is 0 Å². The maximum absolute atomic E-state index is 2.64. The standard InChI is InChI=1S/C5H5.2HI.In/c1-2-4-5-3-1;;;/h1-5H;2*1H;/q;;;+2/p-2. The van der Waals surface area contributed by atoms with E-state index in [2.05, 4.69) is 60.6 Å². The molecule has 42 valence electrons. The van der Waals surface area contributed by atoms with Crippen molar-refractivity contribution in [1.29, 1.82) is 0 Å². The molecule has 0 atom stereocenters. The van der Waals surface area contributed by atoms with Crippen molar-refractivity contribution >= 4 is 49.4 Å². The minimum absolute atomic E-state index is 0.887. The summed E-state index contributed by atoms with van der Waals surface area (Å²) in [4.78, 5) is 0. The van der Waals surface area contributed by atoms with Gasteiger partial charge in [0.25, 0.3) is 0 Å². The molecule has 1 aliphatic rings. The van der Waals surface area contributed by atoms with Crippen LogP contribution in [-0.2, 0) is 0 Å². The molecule has 0 unspecified atom stereocenters. The molecule has 0 heterocycles. The molecule has 0 aromatic heterocycles. The van der Waals surface area contributed by atoms with Gasteiger partial charge in [-0.1, -0.05) is 0 Å². The van der Waals surface area contributed by atoms with Crippen molar-refractivity contribution in [2.75, 3.05) is 0 Å². The Morgan fingerprint density at radius 3 is 1.88 bits per heavy atom. The van der Waals surface area contributed by atoms with E-state index >= 15 is 0 Å². The van der Waals surface area contributed by atoms with Gasteiger partial charge >= 0.3 is 77.4 Å². The fraction of sp³-hybridized carbons (Fsp3) is 0.200. The number of allylic oxidation sites excluding steroid dienone is 4. The predicted molar refractivity (Wildman–Crippen MR) is 55.8 cm³/mol.